The Balaban J connectivity index is 1.90. The lowest BCUT2D eigenvalue weighted by Gasteiger charge is -2.43. The molecule has 1 saturated carbocycles. The summed E-state index contributed by atoms with van der Waals surface area (Å²) in [6.45, 7) is 9.26. The third-order valence-corrected chi connectivity index (χ3v) is 4.64. The number of nitrogens with one attached hydrogen (secondary N) is 1. The molecule has 2 fully saturated rings. The van der Waals surface area contributed by atoms with E-state index in [1.54, 1.807) is 0 Å². The molecule has 17 heavy (non-hydrogen) atoms. The Morgan fingerprint density at radius 2 is 1.71 bits per heavy atom. The van der Waals surface area contributed by atoms with Gasteiger partial charge in [-0.3, -0.25) is 0 Å². The summed E-state index contributed by atoms with van der Waals surface area (Å²) < 4.78 is 5.82. The summed E-state index contributed by atoms with van der Waals surface area (Å²) >= 11 is 0. The zero-order chi connectivity index (χ0) is 12.5. The van der Waals surface area contributed by atoms with Gasteiger partial charge in [-0.25, -0.2) is 0 Å². The molecule has 2 nitrogen and oxygen atoms in total. The third-order valence-electron chi connectivity index (χ3n) is 4.64. The van der Waals surface area contributed by atoms with E-state index in [0.717, 1.165) is 0 Å². The number of ether oxygens (including phenoxy) is 1. The van der Waals surface area contributed by atoms with Crippen LogP contribution in [0.4, 0.5) is 0 Å². The van der Waals surface area contributed by atoms with E-state index in [2.05, 4.69) is 33.0 Å². The van der Waals surface area contributed by atoms with Gasteiger partial charge in [0.05, 0.1) is 12.2 Å². The second-order valence-electron chi connectivity index (χ2n) is 6.88. The molecule has 100 valence electrons. The minimum atomic E-state index is 0.419. The van der Waals surface area contributed by atoms with Crippen LogP contribution in [-0.4, -0.2) is 24.3 Å². The smallest absolute Gasteiger partial charge is 0.0565 e. The average molecular weight is 239 g/mol. The standard InChI is InChI=1S/C15H29NO/c1-11-9-13(10-12(2)17-11)16-14-7-5-6-8-15(14,3)4/h11-14,16H,5-10H2,1-4H3. The van der Waals surface area contributed by atoms with E-state index in [-0.39, 0.29) is 0 Å². The molecule has 0 bridgehead atoms. The van der Waals surface area contributed by atoms with Crippen LogP contribution in [0.1, 0.15) is 66.2 Å². The lowest BCUT2D eigenvalue weighted by molar-refractivity contribution is -0.0470. The van der Waals surface area contributed by atoms with Crippen LogP contribution < -0.4 is 5.32 Å². The highest BCUT2D eigenvalue weighted by Gasteiger charge is 2.35. The fourth-order valence-electron chi connectivity index (χ4n) is 3.63. The van der Waals surface area contributed by atoms with Gasteiger partial charge in [0.15, 0.2) is 0 Å². The Labute approximate surface area is 107 Å². The maximum Gasteiger partial charge on any atom is 0.0565 e. The summed E-state index contributed by atoms with van der Waals surface area (Å²) in [7, 11) is 0. The van der Waals surface area contributed by atoms with Gasteiger partial charge in [-0.15, -0.1) is 0 Å². The van der Waals surface area contributed by atoms with Crippen molar-refractivity contribution < 1.29 is 4.74 Å². The molecule has 0 amide bonds. The SMILES string of the molecule is CC1CC(NC2CCCCC2(C)C)CC(C)O1. The predicted molar refractivity (Wildman–Crippen MR) is 72.2 cm³/mol. The van der Waals surface area contributed by atoms with Crippen LogP contribution in [-0.2, 0) is 4.74 Å². The zero-order valence-corrected chi connectivity index (χ0v) is 12.0. The summed E-state index contributed by atoms with van der Waals surface area (Å²) in [5.41, 5.74) is 0.475. The van der Waals surface area contributed by atoms with Crippen LogP contribution in [0.15, 0.2) is 0 Å². The summed E-state index contributed by atoms with van der Waals surface area (Å²) in [5.74, 6) is 0. The zero-order valence-electron chi connectivity index (χ0n) is 12.0. The molecular formula is C15H29NO. The summed E-state index contributed by atoms with van der Waals surface area (Å²) in [5, 5.41) is 3.93. The van der Waals surface area contributed by atoms with Crippen LogP contribution >= 0.6 is 0 Å². The fourth-order valence-corrected chi connectivity index (χ4v) is 3.63. The van der Waals surface area contributed by atoms with Crippen LogP contribution in [0.25, 0.3) is 0 Å². The maximum absolute atomic E-state index is 5.82. The molecule has 0 aromatic heterocycles. The maximum atomic E-state index is 5.82. The molecule has 2 aliphatic rings. The normalized spacial score (nSPS) is 42.4. The molecule has 1 aliphatic heterocycles. The van der Waals surface area contributed by atoms with E-state index >= 15 is 0 Å². The Morgan fingerprint density at radius 1 is 1.06 bits per heavy atom. The largest absolute Gasteiger partial charge is 0.375 e. The van der Waals surface area contributed by atoms with Gasteiger partial charge in [0.25, 0.3) is 0 Å². The van der Waals surface area contributed by atoms with Crippen molar-refractivity contribution in [2.75, 3.05) is 0 Å². The summed E-state index contributed by atoms with van der Waals surface area (Å²) in [6, 6.07) is 1.37. The molecule has 2 rings (SSSR count). The van der Waals surface area contributed by atoms with Crippen molar-refractivity contribution in [2.24, 2.45) is 5.41 Å². The fraction of sp³-hybridized carbons (Fsp3) is 1.00. The van der Waals surface area contributed by atoms with Crippen molar-refractivity contribution >= 4 is 0 Å². The molecule has 1 heterocycles. The van der Waals surface area contributed by atoms with E-state index in [1.165, 1.54) is 38.5 Å². The van der Waals surface area contributed by atoms with E-state index in [0.29, 0.717) is 29.7 Å². The highest BCUT2D eigenvalue weighted by molar-refractivity contribution is 4.91. The number of rotatable bonds is 2. The van der Waals surface area contributed by atoms with Crippen molar-refractivity contribution in [3.05, 3.63) is 0 Å². The highest BCUT2D eigenvalue weighted by atomic mass is 16.5. The second kappa shape index (κ2) is 5.27. The molecule has 3 atom stereocenters. The van der Waals surface area contributed by atoms with Gasteiger partial charge in [0, 0.05) is 12.1 Å². The molecule has 0 spiro atoms. The van der Waals surface area contributed by atoms with Crippen LogP contribution in [0, 0.1) is 5.41 Å². The first kappa shape index (κ1) is 13.4. The average Bonchev–Trinajstić information content (AvgIpc) is 2.19. The first-order chi connectivity index (χ1) is 7.97. The van der Waals surface area contributed by atoms with Crippen LogP contribution in [0.2, 0.25) is 0 Å². The second-order valence-corrected chi connectivity index (χ2v) is 6.88. The van der Waals surface area contributed by atoms with Crippen LogP contribution in [0.5, 0.6) is 0 Å². The molecule has 1 N–H and O–H groups in total. The van der Waals surface area contributed by atoms with Gasteiger partial charge in [-0.2, -0.15) is 0 Å². The van der Waals surface area contributed by atoms with Crippen molar-refractivity contribution in [1.29, 1.82) is 0 Å². The number of hydrogen-bond acceptors (Lipinski definition) is 2. The minimum absolute atomic E-state index is 0.419. The van der Waals surface area contributed by atoms with E-state index < -0.39 is 0 Å². The Kier molecular flexibility index (Phi) is 4.14. The lowest BCUT2D eigenvalue weighted by atomic mass is 9.73. The van der Waals surface area contributed by atoms with Gasteiger partial charge >= 0.3 is 0 Å². The molecular weight excluding hydrogens is 210 g/mol. The predicted octanol–water partition coefficient (Wildman–Crippen LogP) is 3.50. The minimum Gasteiger partial charge on any atom is -0.375 e. The molecule has 0 radical (unpaired) electrons. The van der Waals surface area contributed by atoms with Gasteiger partial charge in [-0.1, -0.05) is 26.7 Å². The Morgan fingerprint density at radius 3 is 2.29 bits per heavy atom. The van der Waals surface area contributed by atoms with E-state index in [1.807, 2.05) is 0 Å². The number of hydrogen-bond donors (Lipinski definition) is 1. The molecule has 0 aromatic rings. The van der Waals surface area contributed by atoms with Crippen molar-refractivity contribution in [3.63, 3.8) is 0 Å². The van der Waals surface area contributed by atoms with Gasteiger partial charge < -0.3 is 10.1 Å². The molecule has 2 heteroatoms. The van der Waals surface area contributed by atoms with E-state index in [9.17, 15) is 0 Å². The van der Waals surface area contributed by atoms with Gasteiger partial charge in [0.1, 0.15) is 0 Å². The summed E-state index contributed by atoms with van der Waals surface area (Å²) in [6.07, 6.45) is 8.73. The van der Waals surface area contributed by atoms with E-state index in [4.69, 9.17) is 4.74 Å². The highest BCUT2D eigenvalue weighted by Crippen LogP contribution is 2.36. The Hall–Kier alpha value is -0.0800. The lowest BCUT2D eigenvalue weighted by Crippen LogP contribution is -2.51. The van der Waals surface area contributed by atoms with Crippen LogP contribution in [0.3, 0.4) is 0 Å². The van der Waals surface area contributed by atoms with Crippen molar-refractivity contribution in [3.8, 4) is 0 Å². The summed E-state index contributed by atoms with van der Waals surface area (Å²) in [4.78, 5) is 0. The molecule has 0 aromatic carbocycles. The third kappa shape index (κ3) is 3.45. The first-order valence-corrected chi connectivity index (χ1v) is 7.39. The van der Waals surface area contributed by atoms with Gasteiger partial charge in [0.2, 0.25) is 0 Å². The van der Waals surface area contributed by atoms with Crippen molar-refractivity contribution in [1.82, 2.24) is 5.32 Å². The monoisotopic (exact) mass is 239 g/mol. The Bertz CT molecular complexity index is 241. The topological polar surface area (TPSA) is 21.3 Å². The first-order valence-electron chi connectivity index (χ1n) is 7.39. The quantitative estimate of drug-likeness (QED) is 0.796. The molecule has 1 saturated heterocycles. The van der Waals surface area contributed by atoms with Crippen molar-refractivity contribution in [2.45, 2.75) is 90.5 Å². The molecule has 1 aliphatic carbocycles. The van der Waals surface area contributed by atoms with Gasteiger partial charge in [-0.05, 0) is 44.9 Å². The molecule has 3 unspecified atom stereocenters.